The fraction of sp³-hybridized carbons (Fsp3) is 0.294. The Hall–Kier alpha value is -3.16. The molecule has 0 saturated carbocycles. The summed E-state index contributed by atoms with van der Waals surface area (Å²) in [6, 6.07) is 7.28. The summed E-state index contributed by atoms with van der Waals surface area (Å²) in [6.07, 6.45) is 4.12. The van der Waals surface area contributed by atoms with Gasteiger partial charge in [0, 0.05) is 13.0 Å². The number of hydrogen-bond acceptors (Lipinski definition) is 6. The van der Waals surface area contributed by atoms with Crippen LogP contribution in [0.2, 0.25) is 0 Å². The van der Waals surface area contributed by atoms with Crippen molar-refractivity contribution in [3.05, 3.63) is 58.0 Å². The Morgan fingerprint density at radius 3 is 2.72 bits per heavy atom. The molecular weight excluding hydrogens is 326 g/mol. The SMILES string of the molecule is CCOc1ccc(C=CC(=O)OCCn2c([N+](=O)[O-])cnc2C)cc1. The molecule has 0 spiro atoms. The second-order valence-electron chi connectivity index (χ2n) is 5.08. The second-order valence-corrected chi connectivity index (χ2v) is 5.08. The van der Waals surface area contributed by atoms with Crippen LogP contribution < -0.4 is 4.74 Å². The maximum Gasteiger partial charge on any atom is 0.342 e. The van der Waals surface area contributed by atoms with Crippen LogP contribution in [0.3, 0.4) is 0 Å². The first kappa shape index (κ1) is 18.2. The van der Waals surface area contributed by atoms with Crippen molar-refractivity contribution in [3.63, 3.8) is 0 Å². The van der Waals surface area contributed by atoms with Crippen molar-refractivity contribution in [2.75, 3.05) is 13.2 Å². The first-order valence-corrected chi connectivity index (χ1v) is 7.75. The predicted octanol–water partition coefficient (Wildman–Crippen LogP) is 2.76. The van der Waals surface area contributed by atoms with E-state index in [0.29, 0.717) is 12.4 Å². The molecule has 8 heteroatoms. The Kier molecular flexibility index (Phi) is 6.27. The van der Waals surface area contributed by atoms with Gasteiger partial charge in [0.25, 0.3) is 0 Å². The average Bonchev–Trinajstić information content (AvgIpc) is 2.96. The van der Waals surface area contributed by atoms with E-state index in [1.54, 1.807) is 13.0 Å². The van der Waals surface area contributed by atoms with E-state index in [0.717, 1.165) is 11.3 Å². The van der Waals surface area contributed by atoms with Gasteiger partial charge in [-0.3, -0.25) is 0 Å². The fourth-order valence-electron chi connectivity index (χ4n) is 2.17. The van der Waals surface area contributed by atoms with Crippen LogP contribution in [-0.4, -0.2) is 33.7 Å². The third kappa shape index (κ3) is 5.17. The summed E-state index contributed by atoms with van der Waals surface area (Å²) in [5.41, 5.74) is 0.835. The number of carbonyl (C=O) groups excluding carboxylic acids is 1. The third-order valence-corrected chi connectivity index (χ3v) is 3.38. The highest BCUT2D eigenvalue weighted by Crippen LogP contribution is 2.14. The van der Waals surface area contributed by atoms with Gasteiger partial charge in [0.15, 0.2) is 5.82 Å². The summed E-state index contributed by atoms with van der Waals surface area (Å²) < 4.78 is 11.8. The maximum absolute atomic E-state index is 11.7. The number of aromatic nitrogens is 2. The first-order chi connectivity index (χ1) is 12.0. The van der Waals surface area contributed by atoms with E-state index in [2.05, 4.69) is 4.98 Å². The number of esters is 1. The number of nitrogens with zero attached hydrogens (tertiary/aromatic N) is 3. The lowest BCUT2D eigenvalue weighted by atomic mass is 10.2. The number of imidazole rings is 1. The molecule has 0 unspecified atom stereocenters. The first-order valence-electron chi connectivity index (χ1n) is 7.75. The highest BCUT2D eigenvalue weighted by atomic mass is 16.6. The quantitative estimate of drug-likeness (QED) is 0.316. The fourth-order valence-corrected chi connectivity index (χ4v) is 2.17. The second kappa shape index (κ2) is 8.62. The molecule has 0 saturated heterocycles. The Labute approximate surface area is 144 Å². The number of aryl methyl sites for hydroxylation is 1. The third-order valence-electron chi connectivity index (χ3n) is 3.38. The van der Waals surface area contributed by atoms with Crippen LogP contribution in [0.5, 0.6) is 5.75 Å². The van der Waals surface area contributed by atoms with E-state index in [-0.39, 0.29) is 19.0 Å². The molecule has 1 aromatic heterocycles. The van der Waals surface area contributed by atoms with Crippen molar-refractivity contribution < 1.29 is 19.2 Å². The van der Waals surface area contributed by atoms with Crippen LogP contribution in [0.15, 0.2) is 36.5 Å². The molecule has 0 fully saturated rings. The van der Waals surface area contributed by atoms with Crippen molar-refractivity contribution in [3.8, 4) is 5.75 Å². The van der Waals surface area contributed by atoms with Crippen molar-refractivity contribution in [1.82, 2.24) is 9.55 Å². The lowest BCUT2D eigenvalue weighted by Gasteiger charge is -2.04. The monoisotopic (exact) mass is 345 g/mol. The number of nitro groups is 1. The summed E-state index contributed by atoms with van der Waals surface area (Å²) in [5, 5.41) is 10.9. The molecule has 2 aromatic rings. The molecule has 0 N–H and O–H groups in total. The lowest BCUT2D eigenvalue weighted by Crippen LogP contribution is -2.12. The average molecular weight is 345 g/mol. The predicted molar refractivity (Wildman–Crippen MR) is 91.2 cm³/mol. The van der Waals surface area contributed by atoms with Gasteiger partial charge in [-0.2, -0.15) is 0 Å². The number of carbonyl (C=O) groups is 1. The number of hydrogen-bond donors (Lipinski definition) is 0. The van der Waals surface area contributed by atoms with Crippen molar-refractivity contribution in [2.45, 2.75) is 20.4 Å². The Morgan fingerprint density at radius 2 is 2.08 bits per heavy atom. The minimum Gasteiger partial charge on any atom is -0.494 e. The van der Waals surface area contributed by atoms with Gasteiger partial charge >= 0.3 is 11.8 Å². The molecule has 132 valence electrons. The van der Waals surface area contributed by atoms with Gasteiger partial charge in [-0.1, -0.05) is 12.1 Å². The summed E-state index contributed by atoms with van der Waals surface area (Å²) in [6.45, 7) is 4.34. The summed E-state index contributed by atoms with van der Waals surface area (Å²) in [7, 11) is 0. The van der Waals surface area contributed by atoms with Crippen LogP contribution in [0.25, 0.3) is 6.08 Å². The van der Waals surface area contributed by atoms with Crippen molar-refractivity contribution in [1.29, 1.82) is 0 Å². The number of rotatable bonds is 8. The summed E-state index contributed by atoms with van der Waals surface area (Å²) in [5.74, 6) is 0.611. The molecule has 0 aliphatic heterocycles. The molecule has 2 rings (SSSR count). The Bertz CT molecular complexity index is 765. The molecule has 0 amide bonds. The molecule has 1 heterocycles. The molecule has 0 bridgehead atoms. The van der Waals surface area contributed by atoms with E-state index >= 15 is 0 Å². The van der Waals surface area contributed by atoms with E-state index in [4.69, 9.17) is 9.47 Å². The molecule has 8 nitrogen and oxygen atoms in total. The zero-order chi connectivity index (χ0) is 18.2. The molecule has 0 atom stereocenters. The van der Waals surface area contributed by atoms with Crippen LogP contribution in [0.1, 0.15) is 18.3 Å². The van der Waals surface area contributed by atoms with E-state index in [1.807, 2.05) is 31.2 Å². The number of ether oxygens (including phenoxy) is 2. The summed E-state index contributed by atoms with van der Waals surface area (Å²) in [4.78, 5) is 26.0. The van der Waals surface area contributed by atoms with Gasteiger partial charge in [-0.25, -0.2) is 14.3 Å². The topological polar surface area (TPSA) is 96.5 Å². The van der Waals surface area contributed by atoms with Gasteiger partial charge in [-0.05, 0) is 35.6 Å². The molecule has 25 heavy (non-hydrogen) atoms. The smallest absolute Gasteiger partial charge is 0.342 e. The molecule has 1 aromatic carbocycles. The number of benzene rings is 1. The highest BCUT2D eigenvalue weighted by molar-refractivity contribution is 5.87. The molecule has 0 radical (unpaired) electrons. The van der Waals surface area contributed by atoms with Crippen molar-refractivity contribution in [2.24, 2.45) is 0 Å². The van der Waals surface area contributed by atoms with Crippen LogP contribution >= 0.6 is 0 Å². The van der Waals surface area contributed by atoms with Gasteiger partial charge in [0.1, 0.15) is 25.1 Å². The highest BCUT2D eigenvalue weighted by Gasteiger charge is 2.17. The molecule has 0 aliphatic rings. The van der Waals surface area contributed by atoms with E-state index in [1.165, 1.54) is 16.8 Å². The van der Waals surface area contributed by atoms with Gasteiger partial charge in [0.05, 0.1) is 6.61 Å². The minimum atomic E-state index is -0.520. The van der Waals surface area contributed by atoms with Crippen LogP contribution in [-0.2, 0) is 16.1 Å². The van der Waals surface area contributed by atoms with E-state index in [9.17, 15) is 14.9 Å². The van der Waals surface area contributed by atoms with Crippen LogP contribution in [0, 0.1) is 17.0 Å². The molecular formula is C17H19N3O5. The van der Waals surface area contributed by atoms with Crippen molar-refractivity contribution >= 4 is 17.9 Å². The Balaban J connectivity index is 1.84. The van der Waals surface area contributed by atoms with Gasteiger partial charge in [-0.15, -0.1) is 0 Å². The zero-order valence-electron chi connectivity index (χ0n) is 14.0. The van der Waals surface area contributed by atoms with Gasteiger partial charge < -0.3 is 19.6 Å². The largest absolute Gasteiger partial charge is 0.494 e. The minimum absolute atomic E-state index is 0.0183. The standard InChI is InChI=1S/C17H19N3O5/c1-3-24-15-7-4-14(5-8-15)6-9-17(21)25-11-10-19-13(2)18-12-16(19)20(22)23/h4-9,12H,3,10-11H2,1-2H3. The zero-order valence-corrected chi connectivity index (χ0v) is 14.0. The lowest BCUT2D eigenvalue weighted by molar-refractivity contribution is -0.392. The molecule has 0 aliphatic carbocycles. The Morgan fingerprint density at radius 1 is 1.36 bits per heavy atom. The van der Waals surface area contributed by atoms with Crippen LogP contribution in [0.4, 0.5) is 5.82 Å². The van der Waals surface area contributed by atoms with E-state index < -0.39 is 10.9 Å². The maximum atomic E-state index is 11.7. The van der Waals surface area contributed by atoms with Gasteiger partial charge in [0.2, 0.25) is 0 Å². The summed E-state index contributed by atoms with van der Waals surface area (Å²) >= 11 is 0. The normalized spacial score (nSPS) is 10.8.